The first-order valence-corrected chi connectivity index (χ1v) is 12.3. The molecule has 8 nitrogen and oxygen atoms in total. The number of amides is 2. The van der Waals surface area contributed by atoms with Crippen molar-refractivity contribution in [3.63, 3.8) is 0 Å². The van der Waals surface area contributed by atoms with Gasteiger partial charge in [0.05, 0.1) is 12.0 Å². The summed E-state index contributed by atoms with van der Waals surface area (Å²) in [6.07, 6.45) is 3.84. The number of fused-ring (bicyclic) bond motifs is 1. The molecule has 2 aromatic carbocycles. The van der Waals surface area contributed by atoms with Crippen LogP contribution in [0.5, 0.6) is 5.75 Å². The number of hydrogen-bond donors (Lipinski definition) is 1. The van der Waals surface area contributed by atoms with Gasteiger partial charge in [-0.25, -0.2) is 0 Å². The molecule has 3 aliphatic heterocycles. The minimum absolute atomic E-state index is 0.0209. The summed E-state index contributed by atoms with van der Waals surface area (Å²) in [6, 6.07) is 15.4. The first kappa shape index (κ1) is 23.0. The maximum Gasteiger partial charge on any atom is 0.283 e. The van der Waals surface area contributed by atoms with Crippen molar-refractivity contribution >= 4 is 45.7 Å². The molecule has 3 aliphatic rings. The Hall–Kier alpha value is -3.72. The fourth-order valence-electron chi connectivity index (χ4n) is 4.07. The van der Waals surface area contributed by atoms with Crippen molar-refractivity contribution in [2.75, 3.05) is 13.1 Å². The van der Waals surface area contributed by atoms with Crippen molar-refractivity contribution in [2.45, 2.75) is 32.8 Å². The van der Waals surface area contributed by atoms with Crippen LogP contribution in [0.15, 0.2) is 64.2 Å². The van der Waals surface area contributed by atoms with Crippen molar-refractivity contribution in [1.82, 2.24) is 9.91 Å². The average molecular weight is 488 g/mol. The summed E-state index contributed by atoms with van der Waals surface area (Å²) in [6.45, 7) is 4.08. The first-order valence-electron chi connectivity index (χ1n) is 11.5. The Morgan fingerprint density at radius 1 is 1.14 bits per heavy atom. The van der Waals surface area contributed by atoms with Crippen molar-refractivity contribution in [3.8, 4) is 5.75 Å². The van der Waals surface area contributed by atoms with Gasteiger partial charge in [0, 0.05) is 13.1 Å². The highest BCUT2D eigenvalue weighted by Gasteiger charge is 2.36. The molecular weight excluding hydrogens is 462 g/mol. The molecule has 35 heavy (non-hydrogen) atoms. The number of ether oxygens (including phenoxy) is 1. The third kappa shape index (κ3) is 5.05. The predicted octanol–water partition coefficient (Wildman–Crippen LogP) is 4.21. The maximum absolute atomic E-state index is 12.7. The fourth-order valence-corrected chi connectivity index (χ4v) is 4.95. The Bertz CT molecular complexity index is 1280. The van der Waals surface area contributed by atoms with Gasteiger partial charge >= 0.3 is 0 Å². The average Bonchev–Trinajstić information content (AvgIpc) is 3.52. The molecule has 0 saturated carbocycles. The van der Waals surface area contributed by atoms with Gasteiger partial charge in [-0.15, -0.1) is 0 Å². The van der Waals surface area contributed by atoms with Crippen molar-refractivity contribution < 1.29 is 14.3 Å². The zero-order valence-electron chi connectivity index (χ0n) is 19.4. The Labute approximate surface area is 207 Å². The van der Waals surface area contributed by atoms with Crippen LogP contribution in [-0.2, 0) is 16.2 Å². The number of nitrogens with one attached hydrogen (secondary N) is 1. The third-order valence-electron chi connectivity index (χ3n) is 6.10. The molecule has 0 spiro atoms. The lowest BCUT2D eigenvalue weighted by Crippen LogP contribution is -2.35. The molecule has 0 unspecified atom stereocenters. The standard InChI is InChI=1S/C26H25N5O3S/c1-17-6-2-3-7-19(17)16-34-20-10-8-18(9-11-20)14-21-24(27)31-26(28-25(21)33)35-22(29-31)15-23(32)30-12-4-5-13-30/h2-3,6-11,14,27H,4-5,12-13,15-16H2,1H3/b21-14-,27-24?. The molecule has 9 heteroatoms. The van der Waals surface area contributed by atoms with Gasteiger partial charge in [-0.05, 0) is 66.4 Å². The SMILES string of the molecule is Cc1ccccc1COc1ccc(/C=C2/C(=N)N3N=C(CC(=O)N4CCCC4)SC3=NC2=O)cc1. The van der Waals surface area contributed by atoms with Crippen molar-refractivity contribution in [1.29, 1.82) is 5.41 Å². The molecule has 0 bridgehead atoms. The van der Waals surface area contributed by atoms with Gasteiger partial charge in [0.25, 0.3) is 5.91 Å². The quantitative estimate of drug-likeness (QED) is 0.616. The number of carbonyl (C=O) groups excluding carboxylic acids is 2. The number of carbonyl (C=O) groups is 2. The number of aliphatic imine (C=N–C) groups is 1. The zero-order valence-corrected chi connectivity index (χ0v) is 20.2. The lowest BCUT2D eigenvalue weighted by Gasteiger charge is -2.20. The first-order chi connectivity index (χ1) is 17.0. The van der Waals surface area contributed by atoms with Crippen LogP contribution in [0.3, 0.4) is 0 Å². The molecule has 0 atom stereocenters. The molecule has 5 rings (SSSR count). The summed E-state index contributed by atoms with van der Waals surface area (Å²) in [4.78, 5) is 31.1. The van der Waals surface area contributed by atoms with Crippen LogP contribution in [-0.4, -0.2) is 50.9 Å². The summed E-state index contributed by atoms with van der Waals surface area (Å²) in [7, 11) is 0. The molecular formula is C26H25N5O3S. The number of benzene rings is 2. The molecule has 2 amide bonds. The summed E-state index contributed by atoms with van der Waals surface area (Å²) >= 11 is 1.18. The van der Waals surface area contributed by atoms with E-state index in [1.165, 1.54) is 22.3 Å². The number of rotatable bonds is 6. The highest BCUT2D eigenvalue weighted by Crippen LogP contribution is 2.30. The lowest BCUT2D eigenvalue weighted by molar-refractivity contribution is -0.128. The van der Waals surface area contributed by atoms with Gasteiger partial charge < -0.3 is 9.64 Å². The van der Waals surface area contributed by atoms with E-state index in [-0.39, 0.29) is 23.7 Å². The Morgan fingerprint density at radius 3 is 2.63 bits per heavy atom. The maximum atomic E-state index is 12.7. The van der Waals surface area contributed by atoms with E-state index in [1.807, 2.05) is 47.4 Å². The van der Waals surface area contributed by atoms with Gasteiger partial charge in [0.2, 0.25) is 11.1 Å². The second-order valence-corrected chi connectivity index (χ2v) is 9.60. The van der Waals surface area contributed by atoms with Crippen molar-refractivity contribution in [3.05, 3.63) is 70.8 Å². The van der Waals surface area contributed by atoms with Crippen LogP contribution in [0.2, 0.25) is 0 Å². The molecule has 3 heterocycles. The molecule has 0 radical (unpaired) electrons. The van der Waals surface area contributed by atoms with E-state index in [1.54, 1.807) is 6.08 Å². The second kappa shape index (κ2) is 9.87. The number of nitrogens with zero attached hydrogens (tertiary/aromatic N) is 4. The van der Waals surface area contributed by atoms with E-state index in [0.717, 1.165) is 37.1 Å². The highest BCUT2D eigenvalue weighted by molar-refractivity contribution is 8.27. The molecule has 1 saturated heterocycles. The van der Waals surface area contributed by atoms with Crippen LogP contribution >= 0.6 is 11.8 Å². The Morgan fingerprint density at radius 2 is 1.89 bits per heavy atom. The number of hydrogen-bond acceptors (Lipinski definition) is 6. The minimum atomic E-state index is -0.490. The number of likely N-dealkylation sites (tertiary alicyclic amines) is 1. The summed E-state index contributed by atoms with van der Waals surface area (Å²) in [5, 5.41) is 15.1. The topological polar surface area (TPSA) is 98.4 Å². The van der Waals surface area contributed by atoms with Gasteiger partial charge in [-0.1, -0.05) is 36.4 Å². The van der Waals surface area contributed by atoms with Crippen LogP contribution in [0.1, 0.15) is 36.0 Å². The van der Waals surface area contributed by atoms with Gasteiger partial charge in [0.1, 0.15) is 17.4 Å². The second-order valence-electron chi connectivity index (χ2n) is 8.56. The molecule has 2 aromatic rings. The van der Waals surface area contributed by atoms with E-state index in [9.17, 15) is 9.59 Å². The normalized spacial score (nSPS) is 18.6. The molecule has 1 N–H and O–H groups in total. The largest absolute Gasteiger partial charge is 0.489 e. The number of thioether (sulfide) groups is 1. The minimum Gasteiger partial charge on any atom is -0.489 e. The van der Waals surface area contributed by atoms with Gasteiger partial charge in [-0.3, -0.25) is 15.0 Å². The number of amidine groups is 2. The van der Waals surface area contributed by atoms with Crippen LogP contribution in [0.25, 0.3) is 6.08 Å². The van der Waals surface area contributed by atoms with Crippen LogP contribution < -0.4 is 4.74 Å². The third-order valence-corrected chi connectivity index (χ3v) is 7.01. The summed E-state index contributed by atoms with van der Waals surface area (Å²) < 4.78 is 5.89. The monoisotopic (exact) mass is 487 g/mol. The number of hydrazone groups is 1. The van der Waals surface area contributed by atoms with E-state index in [0.29, 0.717) is 22.6 Å². The van der Waals surface area contributed by atoms with Crippen LogP contribution in [0, 0.1) is 12.3 Å². The predicted molar refractivity (Wildman–Crippen MR) is 137 cm³/mol. The summed E-state index contributed by atoms with van der Waals surface area (Å²) in [5.74, 6) is 0.202. The zero-order chi connectivity index (χ0) is 24.4. The summed E-state index contributed by atoms with van der Waals surface area (Å²) in [5.41, 5.74) is 3.20. The Kier molecular flexibility index (Phi) is 6.50. The van der Waals surface area contributed by atoms with E-state index in [4.69, 9.17) is 10.1 Å². The van der Waals surface area contributed by atoms with Crippen LogP contribution in [0.4, 0.5) is 0 Å². The van der Waals surface area contributed by atoms with Crippen molar-refractivity contribution in [2.24, 2.45) is 10.1 Å². The molecule has 0 aliphatic carbocycles. The molecule has 0 aromatic heterocycles. The van der Waals surface area contributed by atoms with Gasteiger partial charge in [-0.2, -0.15) is 15.1 Å². The lowest BCUT2D eigenvalue weighted by atomic mass is 10.1. The van der Waals surface area contributed by atoms with E-state index >= 15 is 0 Å². The highest BCUT2D eigenvalue weighted by atomic mass is 32.2. The van der Waals surface area contributed by atoms with E-state index < -0.39 is 5.91 Å². The molecule has 1 fully saturated rings. The van der Waals surface area contributed by atoms with Gasteiger partial charge in [0.15, 0.2) is 5.84 Å². The molecule has 178 valence electrons. The fraction of sp³-hybridized carbons (Fsp3) is 0.269. The number of aryl methyl sites for hydroxylation is 1. The van der Waals surface area contributed by atoms with E-state index in [2.05, 4.69) is 23.1 Å². The Balaban J connectivity index is 1.26. The smallest absolute Gasteiger partial charge is 0.283 e.